The molecule has 0 amide bonds. The predicted molar refractivity (Wildman–Crippen MR) is 64.9 cm³/mol. The summed E-state index contributed by atoms with van der Waals surface area (Å²) in [5, 5.41) is 29.2. The van der Waals surface area contributed by atoms with Crippen molar-refractivity contribution < 1.29 is 15.3 Å². The summed E-state index contributed by atoms with van der Waals surface area (Å²) in [5.74, 6) is 0.220. The van der Waals surface area contributed by atoms with Gasteiger partial charge in [0.25, 0.3) is 0 Å². The van der Waals surface area contributed by atoms with E-state index in [-0.39, 0.29) is 17.9 Å². The number of phenols is 2. The van der Waals surface area contributed by atoms with Gasteiger partial charge in [0.1, 0.15) is 11.5 Å². The third-order valence-corrected chi connectivity index (χ3v) is 2.70. The van der Waals surface area contributed by atoms with Gasteiger partial charge in [-0.25, -0.2) is 0 Å². The summed E-state index contributed by atoms with van der Waals surface area (Å²) in [7, 11) is 0. The molecule has 17 heavy (non-hydrogen) atoms. The van der Waals surface area contributed by atoms with E-state index in [1.807, 2.05) is 0 Å². The molecule has 0 aromatic heterocycles. The van der Waals surface area contributed by atoms with Crippen LogP contribution in [-0.2, 0) is 6.42 Å². The average Bonchev–Trinajstić information content (AvgIpc) is 2.32. The van der Waals surface area contributed by atoms with Crippen LogP contribution < -0.4 is 0 Å². The maximum atomic E-state index is 10.0. The van der Waals surface area contributed by atoms with Crippen molar-refractivity contribution in [3.63, 3.8) is 0 Å². The summed E-state index contributed by atoms with van der Waals surface area (Å²) >= 11 is 0. The number of phenolic OH excluding ortho intramolecular Hbond substituents is 2. The molecule has 88 valence electrons. The van der Waals surface area contributed by atoms with E-state index in [4.69, 9.17) is 0 Å². The average molecular weight is 230 g/mol. The quantitative estimate of drug-likeness (QED) is 0.758. The van der Waals surface area contributed by atoms with Crippen molar-refractivity contribution in [2.45, 2.75) is 12.5 Å². The Labute approximate surface area is 99.6 Å². The molecule has 3 heteroatoms. The zero-order valence-electron chi connectivity index (χ0n) is 9.24. The normalized spacial score (nSPS) is 12.3. The molecule has 0 heterocycles. The Kier molecular flexibility index (Phi) is 3.30. The van der Waals surface area contributed by atoms with E-state index in [1.54, 1.807) is 42.5 Å². The molecule has 3 nitrogen and oxygen atoms in total. The van der Waals surface area contributed by atoms with Crippen LogP contribution in [0.3, 0.4) is 0 Å². The van der Waals surface area contributed by atoms with E-state index < -0.39 is 6.10 Å². The highest BCUT2D eigenvalue weighted by Crippen LogP contribution is 2.28. The second-order valence-corrected chi connectivity index (χ2v) is 3.91. The highest BCUT2D eigenvalue weighted by molar-refractivity contribution is 5.37. The summed E-state index contributed by atoms with van der Waals surface area (Å²) in [6.07, 6.45) is -0.561. The highest BCUT2D eigenvalue weighted by Gasteiger charge is 2.13. The van der Waals surface area contributed by atoms with Crippen LogP contribution in [0.2, 0.25) is 0 Å². The van der Waals surface area contributed by atoms with E-state index in [0.717, 1.165) is 0 Å². The molecule has 3 N–H and O–H groups in total. The van der Waals surface area contributed by atoms with E-state index in [0.29, 0.717) is 11.1 Å². The minimum atomic E-state index is -0.829. The van der Waals surface area contributed by atoms with E-state index >= 15 is 0 Å². The van der Waals surface area contributed by atoms with Gasteiger partial charge in [0.15, 0.2) is 0 Å². The molecule has 0 aliphatic heterocycles. The second-order valence-electron chi connectivity index (χ2n) is 3.91. The zero-order chi connectivity index (χ0) is 12.3. The van der Waals surface area contributed by atoms with Gasteiger partial charge in [0.2, 0.25) is 0 Å². The number of hydrogen-bond acceptors (Lipinski definition) is 3. The molecule has 1 unspecified atom stereocenters. The third-order valence-electron chi connectivity index (χ3n) is 2.70. The molecule has 0 fully saturated rings. The van der Waals surface area contributed by atoms with Crippen molar-refractivity contribution in [1.82, 2.24) is 0 Å². The molecule has 0 radical (unpaired) electrons. The van der Waals surface area contributed by atoms with Gasteiger partial charge in [-0.3, -0.25) is 0 Å². The first-order valence-electron chi connectivity index (χ1n) is 5.41. The Morgan fingerprint density at radius 3 is 2.06 bits per heavy atom. The molecule has 0 saturated heterocycles. The fourth-order valence-electron chi connectivity index (χ4n) is 1.77. The minimum Gasteiger partial charge on any atom is -0.508 e. The first-order chi connectivity index (χ1) is 8.18. The van der Waals surface area contributed by atoms with E-state index in [1.165, 1.54) is 6.07 Å². The van der Waals surface area contributed by atoms with Crippen molar-refractivity contribution in [2.24, 2.45) is 0 Å². The molecule has 0 bridgehead atoms. The molecular weight excluding hydrogens is 216 g/mol. The summed E-state index contributed by atoms with van der Waals surface area (Å²) in [6.45, 7) is 0. The first kappa shape index (κ1) is 11.5. The Morgan fingerprint density at radius 1 is 0.824 bits per heavy atom. The van der Waals surface area contributed by atoms with Crippen molar-refractivity contribution in [2.75, 3.05) is 0 Å². The van der Waals surface area contributed by atoms with Crippen LogP contribution in [0.1, 0.15) is 17.2 Å². The van der Waals surface area contributed by atoms with Gasteiger partial charge in [-0.15, -0.1) is 0 Å². The minimum absolute atomic E-state index is 0.0652. The molecule has 0 spiro atoms. The Bertz CT molecular complexity index is 508. The highest BCUT2D eigenvalue weighted by atomic mass is 16.3. The smallest absolute Gasteiger partial charge is 0.121 e. The van der Waals surface area contributed by atoms with Gasteiger partial charge in [-0.05, 0) is 17.7 Å². The molecule has 0 aliphatic carbocycles. The number of rotatable bonds is 3. The van der Waals surface area contributed by atoms with E-state index in [2.05, 4.69) is 0 Å². The zero-order valence-corrected chi connectivity index (χ0v) is 9.24. The van der Waals surface area contributed by atoms with Gasteiger partial charge in [-0.1, -0.05) is 36.4 Å². The number of aromatic hydroxyl groups is 2. The van der Waals surface area contributed by atoms with Crippen LogP contribution in [0.4, 0.5) is 0 Å². The summed E-state index contributed by atoms with van der Waals surface area (Å²) in [5.41, 5.74) is 1.12. The van der Waals surface area contributed by atoms with Gasteiger partial charge in [0.05, 0.1) is 6.10 Å². The lowest BCUT2D eigenvalue weighted by molar-refractivity contribution is 0.173. The number of aliphatic hydroxyl groups excluding tert-OH is 1. The van der Waals surface area contributed by atoms with Crippen molar-refractivity contribution in [3.05, 3.63) is 59.7 Å². The first-order valence-corrected chi connectivity index (χ1v) is 5.41. The third kappa shape index (κ3) is 2.57. The van der Waals surface area contributed by atoms with Crippen LogP contribution >= 0.6 is 0 Å². The van der Waals surface area contributed by atoms with Crippen LogP contribution in [0.5, 0.6) is 11.5 Å². The number of aliphatic hydroxyl groups is 1. The fourth-order valence-corrected chi connectivity index (χ4v) is 1.77. The molecule has 0 saturated carbocycles. The number of para-hydroxylation sites is 2. The lowest BCUT2D eigenvalue weighted by atomic mass is 10.00. The fraction of sp³-hybridized carbons (Fsp3) is 0.143. The Morgan fingerprint density at radius 2 is 1.41 bits per heavy atom. The Balaban J connectivity index is 2.20. The van der Waals surface area contributed by atoms with Crippen molar-refractivity contribution in [1.29, 1.82) is 0 Å². The predicted octanol–water partition coefficient (Wildman–Crippen LogP) is 2.37. The van der Waals surface area contributed by atoms with E-state index in [9.17, 15) is 15.3 Å². The van der Waals surface area contributed by atoms with Crippen molar-refractivity contribution in [3.8, 4) is 11.5 Å². The molecular formula is C14H14O3. The Hall–Kier alpha value is -2.00. The standard InChI is InChI=1S/C14H14O3/c15-12-7-3-1-5-10(12)9-14(17)11-6-2-4-8-13(11)16/h1-8,14-17H,9H2. The van der Waals surface area contributed by atoms with Crippen LogP contribution in [0, 0.1) is 0 Å². The number of hydrogen-bond donors (Lipinski definition) is 3. The summed E-state index contributed by atoms with van der Waals surface area (Å²) in [4.78, 5) is 0. The van der Waals surface area contributed by atoms with Crippen LogP contribution in [0.15, 0.2) is 48.5 Å². The van der Waals surface area contributed by atoms with Gasteiger partial charge in [-0.2, -0.15) is 0 Å². The molecule has 2 rings (SSSR count). The maximum Gasteiger partial charge on any atom is 0.121 e. The van der Waals surface area contributed by atoms with Gasteiger partial charge < -0.3 is 15.3 Å². The maximum absolute atomic E-state index is 10.0. The van der Waals surface area contributed by atoms with Gasteiger partial charge >= 0.3 is 0 Å². The SMILES string of the molecule is Oc1ccccc1CC(O)c1ccccc1O. The molecule has 1 atom stereocenters. The monoisotopic (exact) mass is 230 g/mol. The summed E-state index contributed by atoms with van der Waals surface area (Å²) < 4.78 is 0. The lowest BCUT2D eigenvalue weighted by Crippen LogP contribution is -2.02. The molecule has 0 aliphatic rings. The largest absolute Gasteiger partial charge is 0.508 e. The van der Waals surface area contributed by atoms with Crippen LogP contribution in [-0.4, -0.2) is 15.3 Å². The lowest BCUT2D eigenvalue weighted by Gasteiger charge is -2.13. The topological polar surface area (TPSA) is 60.7 Å². The van der Waals surface area contributed by atoms with Gasteiger partial charge in [0, 0.05) is 12.0 Å². The molecule has 2 aromatic carbocycles. The number of benzene rings is 2. The molecule has 2 aromatic rings. The van der Waals surface area contributed by atoms with Crippen LogP contribution in [0.25, 0.3) is 0 Å². The second kappa shape index (κ2) is 4.89. The summed E-state index contributed by atoms with van der Waals surface area (Å²) in [6, 6.07) is 13.5. The van der Waals surface area contributed by atoms with Crippen molar-refractivity contribution >= 4 is 0 Å².